The fourth-order valence-corrected chi connectivity index (χ4v) is 3.58. The normalized spacial score (nSPS) is 17.2. The standard InChI is InChI=1S/C22H20ClN3O4/c1-14(15-5-3-2-4-6-15)26-12-17(11-20(26)27)22(28)29-13-19-24-21(25-30-19)16-7-9-18(23)10-8-16/h2-10,14,17H,11-13H2,1H3/t14-,17+/m1/s1. The van der Waals surface area contributed by atoms with E-state index in [4.69, 9.17) is 20.9 Å². The molecule has 0 unspecified atom stereocenters. The van der Waals surface area contributed by atoms with Crippen molar-refractivity contribution in [2.45, 2.75) is 26.0 Å². The number of likely N-dealkylation sites (tertiary alicyclic amines) is 1. The van der Waals surface area contributed by atoms with Gasteiger partial charge in [-0.25, -0.2) is 0 Å². The quantitative estimate of drug-likeness (QED) is 0.554. The van der Waals surface area contributed by atoms with Gasteiger partial charge >= 0.3 is 5.97 Å². The number of ether oxygens (including phenoxy) is 1. The maximum Gasteiger partial charge on any atom is 0.311 e. The Morgan fingerprint density at radius 1 is 1.23 bits per heavy atom. The molecule has 0 bridgehead atoms. The fourth-order valence-electron chi connectivity index (χ4n) is 3.46. The van der Waals surface area contributed by atoms with Gasteiger partial charge in [-0.15, -0.1) is 0 Å². The number of rotatable bonds is 6. The number of nitrogens with zero attached hydrogens (tertiary/aromatic N) is 3. The molecule has 30 heavy (non-hydrogen) atoms. The molecule has 1 aliphatic rings. The summed E-state index contributed by atoms with van der Waals surface area (Å²) in [6.45, 7) is 2.14. The zero-order valence-corrected chi connectivity index (χ0v) is 17.1. The molecule has 1 saturated heterocycles. The molecule has 1 fully saturated rings. The van der Waals surface area contributed by atoms with Gasteiger partial charge in [-0.2, -0.15) is 4.98 Å². The number of carbonyl (C=O) groups excluding carboxylic acids is 2. The smallest absolute Gasteiger partial charge is 0.311 e. The van der Waals surface area contributed by atoms with Gasteiger partial charge in [0.2, 0.25) is 11.7 Å². The monoisotopic (exact) mass is 425 g/mol. The summed E-state index contributed by atoms with van der Waals surface area (Å²) in [4.78, 5) is 30.9. The lowest BCUT2D eigenvalue weighted by molar-refractivity contribution is -0.150. The summed E-state index contributed by atoms with van der Waals surface area (Å²) in [6, 6.07) is 16.6. The Labute approximate surface area is 178 Å². The first-order chi connectivity index (χ1) is 14.5. The molecule has 4 rings (SSSR count). The molecule has 0 radical (unpaired) electrons. The number of aromatic nitrogens is 2. The van der Waals surface area contributed by atoms with Gasteiger partial charge in [0.1, 0.15) is 0 Å². The molecule has 7 nitrogen and oxygen atoms in total. The minimum absolute atomic E-state index is 0.0592. The lowest BCUT2D eigenvalue weighted by atomic mass is 10.1. The van der Waals surface area contributed by atoms with E-state index in [-0.39, 0.29) is 30.9 Å². The number of hydrogen-bond donors (Lipinski definition) is 0. The molecule has 2 aromatic carbocycles. The van der Waals surface area contributed by atoms with E-state index < -0.39 is 11.9 Å². The van der Waals surface area contributed by atoms with Crippen molar-refractivity contribution in [3.8, 4) is 11.4 Å². The van der Waals surface area contributed by atoms with Crippen molar-refractivity contribution >= 4 is 23.5 Å². The molecule has 0 saturated carbocycles. The number of amides is 1. The van der Waals surface area contributed by atoms with E-state index in [1.807, 2.05) is 37.3 Å². The number of hydrogen-bond acceptors (Lipinski definition) is 6. The van der Waals surface area contributed by atoms with Crippen molar-refractivity contribution < 1.29 is 18.8 Å². The van der Waals surface area contributed by atoms with Gasteiger partial charge in [0.25, 0.3) is 5.89 Å². The van der Waals surface area contributed by atoms with Crippen LogP contribution in [0.2, 0.25) is 5.02 Å². The fraction of sp³-hybridized carbons (Fsp3) is 0.273. The Hall–Kier alpha value is -3.19. The molecular weight excluding hydrogens is 406 g/mol. The highest BCUT2D eigenvalue weighted by atomic mass is 35.5. The molecule has 0 aliphatic carbocycles. The zero-order chi connectivity index (χ0) is 21.1. The summed E-state index contributed by atoms with van der Waals surface area (Å²) in [7, 11) is 0. The molecular formula is C22H20ClN3O4. The van der Waals surface area contributed by atoms with Crippen LogP contribution < -0.4 is 0 Å². The van der Waals surface area contributed by atoms with E-state index >= 15 is 0 Å². The number of esters is 1. The van der Waals surface area contributed by atoms with Gasteiger partial charge in [-0.1, -0.05) is 47.1 Å². The average molecular weight is 426 g/mol. The van der Waals surface area contributed by atoms with Crippen molar-refractivity contribution in [2.75, 3.05) is 6.54 Å². The maximum atomic E-state index is 12.5. The van der Waals surface area contributed by atoms with Crippen LogP contribution in [0.3, 0.4) is 0 Å². The number of halogens is 1. The summed E-state index contributed by atoms with van der Waals surface area (Å²) in [5.41, 5.74) is 1.77. The van der Waals surface area contributed by atoms with E-state index in [2.05, 4.69) is 10.1 Å². The second-order valence-electron chi connectivity index (χ2n) is 7.16. The van der Waals surface area contributed by atoms with Crippen molar-refractivity contribution in [3.05, 3.63) is 71.1 Å². The third kappa shape index (κ3) is 4.36. The number of carbonyl (C=O) groups is 2. The first kappa shape index (κ1) is 20.1. The van der Waals surface area contributed by atoms with Gasteiger partial charge in [0, 0.05) is 23.6 Å². The Morgan fingerprint density at radius 3 is 2.70 bits per heavy atom. The Kier molecular flexibility index (Phi) is 5.81. The Balaban J connectivity index is 1.34. The first-order valence-electron chi connectivity index (χ1n) is 9.61. The predicted molar refractivity (Wildman–Crippen MR) is 109 cm³/mol. The average Bonchev–Trinajstić information content (AvgIpc) is 3.39. The van der Waals surface area contributed by atoms with Gasteiger partial charge in [0.05, 0.1) is 12.0 Å². The van der Waals surface area contributed by atoms with Gasteiger partial charge < -0.3 is 14.2 Å². The molecule has 2 heterocycles. The topological polar surface area (TPSA) is 85.5 Å². The van der Waals surface area contributed by atoms with Crippen LogP contribution in [0.5, 0.6) is 0 Å². The molecule has 2 atom stereocenters. The minimum Gasteiger partial charge on any atom is -0.455 e. The van der Waals surface area contributed by atoms with Crippen LogP contribution in [-0.2, 0) is 20.9 Å². The van der Waals surface area contributed by atoms with E-state index in [9.17, 15) is 9.59 Å². The Morgan fingerprint density at radius 2 is 1.97 bits per heavy atom. The van der Waals surface area contributed by atoms with Crippen LogP contribution in [0.4, 0.5) is 0 Å². The van der Waals surface area contributed by atoms with Crippen LogP contribution in [0.1, 0.15) is 30.8 Å². The number of benzene rings is 2. The summed E-state index contributed by atoms with van der Waals surface area (Å²) in [5, 5.41) is 4.50. The minimum atomic E-state index is -0.512. The van der Waals surface area contributed by atoms with E-state index in [0.29, 0.717) is 17.4 Å². The highest BCUT2D eigenvalue weighted by Crippen LogP contribution is 2.29. The van der Waals surface area contributed by atoms with E-state index in [1.54, 1.807) is 29.2 Å². The van der Waals surface area contributed by atoms with Crippen LogP contribution in [0, 0.1) is 5.92 Å². The zero-order valence-electron chi connectivity index (χ0n) is 16.3. The summed E-state index contributed by atoms with van der Waals surface area (Å²) < 4.78 is 10.5. The third-order valence-electron chi connectivity index (χ3n) is 5.15. The lowest BCUT2D eigenvalue weighted by Crippen LogP contribution is -2.29. The molecule has 1 aromatic heterocycles. The van der Waals surface area contributed by atoms with E-state index in [1.165, 1.54) is 0 Å². The largest absolute Gasteiger partial charge is 0.455 e. The first-order valence-corrected chi connectivity index (χ1v) is 9.98. The predicted octanol–water partition coefficient (Wildman–Crippen LogP) is 4.04. The summed E-state index contributed by atoms with van der Waals surface area (Å²) >= 11 is 5.88. The van der Waals surface area contributed by atoms with Crippen molar-refractivity contribution in [3.63, 3.8) is 0 Å². The van der Waals surface area contributed by atoms with Crippen molar-refractivity contribution in [1.82, 2.24) is 15.0 Å². The SMILES string of the molecule is C[C@H](c1ccccc1)N1C[C@@H](C(=O)OCc2nc(-c3ccc(Cl)cc3)no2)CC1=O. The van der Waals surface area contributed by atoms with Crippen LogP contribution in [-0.4, -0.2) is 33.5 Å². The molecule has 154 valence electrons. The second kappa shape index (κ2) is 8.67. The summed E-state index contributed by atoms with van der Waals surface area (Å²) in [5.74, 6) is -0.445. The Bertz CT molecular complexity index is 1040. The van der Waals surface area contributed by atoms with Crippen molar-refractivity contribution in [2.24, 2.45) is 5.92 Å². The van der Waals surface area contributed by atoms with Crippen LogP contribution >= 0.6 is 11.6 Å². The molecule has 1 amide bonds. The van der Waals surface area contributed by atoms with Crippen LogP contribution in [0.25, 0.3) is 11.4 Å². The maximum absolute atomic E-state index is 12.5. The molecule has 8 heteroatoms. The highest BCUT2D eigenvalue weighted by Gasteiger charge is 2.38. The van der Waals surface area contributed by atoms with Gasteiger partial charge in [-0.05, 0) is 36.8 Å². The van der Waals surface area contributed by atoms with E-state index in [0.717, 1.165) is 11.1 Å². The van der Waals surface area contributed by atoms with Gasteiger partial charge in [0.15, 0.2) is 6.61 Å². The lowest BCUT2D eigenvalue weighted by Gasteiger charge is -2.25. The highest BCUT2D eigenvalue weighted by molar-refractivity contribution is 6.30. The summed E-state index contributed by atoms with van der Waals surface area (Å²) in [6.07, 6.45) is 0.135. The molecule has 0 N–H and O–H groups in total. The third-order valence-corrected chi connectivity index (χ3v) is 5.40. The molecule has 3 aromatic rings. The molecule has 0 spiro atoms. The van der Waals surface area contributed by atoms with Crippen molar-refractivity contribution in [1.29, 1.82) is 0 Å². The van der Waals surface area contributed by atoms with Crippen LogP contribution in [0.15, 0.2) is 59.1 Å². The molecule has 1 aliphatic heterocycles. The van der Waals surface area contributed by atoms with Gasteiger partial charge in [-0.3, -0.25) is 9.59 Å². The second-order valence-corrected chi connectivity index (χ2v) is 7.60.